The first-order valence-electron chi connectivity index (χ1n) is 5.74. The molecule has 0 aliphatic rings. The van der Waals surface area contributed by atoms with E-state index in [-0.39, 0.29) is 6.10 Å². The minimum absolute atomic E-state index is 0.201. The maximum absolute atomic E-state index is 5.75. The van der Waals surface area contributed by atoms with Crippen molar-refractivity contribution in [2.75, 3.05) is 0 Å². The smallest absolute Gasteiger partial charge is 0.217 e. The molecule has 1 aromatic rings. The average molecular weight is 287 g/mol. The van der Waals surface area contributed by atoms with Crippen molar-refractivity contribution in [2.45, 2.75) is 52.6 Å². The number of hydrogen-bond donors (Lipinski definition) is 0. The van der Waals surface area contributed by atoms with E-state index in [1.807, 2.05) is 6.07 Å². The highest BCUT2D eigenvalue weighted by atomic mass is 79.9. The van der Waals surface area contributed by atoms with Crippen molar-refractivity contribution in [1.29, 1.82) is 0 Å². The average Bonchev–Trinajstić information content (AvgIpc) is 2.16. The number of nitrogens with zero attached hydrogens (tertiary/aromatic N) is 2. The summed E-state index contributed by atoms with van der Waals surface area (Å²) in [7, 11) is 0. The molecule has 0 saturated heterocycles. The van der Waals surface area contributed by atoms with Gasteiger partial charge in [-0.15, -0.1) is 0 Å². The van der Waals surface area contributed by atoms with Crippen LogP contribution < -0.4 is 4.74 Å². The third kappa shape index (κ3) is 4.08. The summed E-state index contributed by atoms with van der Waals surface area (Å²) >= 11 is 3.38. The van der Waals surface area contributed by atoms with E-state index >= 15 is 0 Å². The fraction of sp³-hybridized carbons (Fsp3) is 0.667. The summed E-state index contributed by atoms with van der Waals surface area (Å²) in [6.07, 6.45) is 2.36. The highest BCUT2D eigenvalue weighted by Gasteiger charge is 2.09. The number of rotatable bonds is 5. The topological polar surface area (TPSA) is 35.0 Å². The van der Waals surface area contributed by atoms with Gasteiger partial charge in [-0.05, 0) is 29.3 Å². The summed E-state index contributed by atoms with van der Waals surface area (Å²) in [5.74, 6) is 1.78. The Morgan fingerprint density at radius 2 is 2.00 bits per heavy atom. The zero-order valence-corrected chi connectivity index (χ0v) is 11.9. The van der Waals surface area contributed by atoms with E-state index in [1.165, 1.54) is 0 Å². The van der Waals surface area contributed by atoms with Gasteiger partial charge in [0.25, 0.3) is 0 Å². The van der Waals surface area contributed by atoms with Crippen LogP contribution in [0.2, 0.25) is 0 Å². The van der Waals surface area contributed by atoms with Crippen LogP contribution in [0.5, 0.6) is 5.88 Å². The lowest BCUT2D eigenvalue weighted by Crippen LogP contribution is -2.13. The highest BCUT2D eigenvalue weighted by Crippen LogP contribution is 2.20. The summed E-state index contributed by atoms with van der Waals surface area (Å²) in [4.78, 5) is 8.70. The zero-order valence-electron chi connectivity index (χ0n) is 10.3. The summed E-state index contributed by atoms with van der Waals surface area (Å²) < 4.78 is 6.53. The second-order valence-electron chi connectivity index (χ2n) is 4.26. The molecule has 0 aliphatic carbocycles. The van der Waals surface area contributed by atoms with Gasteiger partial charge in [0.15, 0.2) is 0 Å². The molecule has 1 rings (SSSR count). The largest absolute Gasteiger partial charge is 0.475 e. The van der Waals surface area contributed by atoms with Gasteiger partial charge in [0.05, 0.1) is 6.10 Å². The molecule has 1 atom stereocenters. The molecule has 1 aromatic heterocycles. The van der Waals surface area contributed by atoms with Gasteiger partial charge in [-0.3, -0.25) is 0 Å². The standard InChI is InChI=1S/C12H19BrN2O/c1-5-6-9(4)16-11-7-10(13)14-12(15-11)8(2)3/h7-9H,5-6H2,1-4H3. The first-order valence-corrected chi connectivity index (χ1v) is 6.53. The van der Waals surface area contributed by atoms with E-state index in [1.54, 1.807) is 0 Å². The lowest BCUT2D eigenvalue weighted by Gasteiger charge is -2.14. The minimum atomic E-state index is 0.201. The number of hydrogen-bond acceptors (Lipinski definition) is 3. The summed E-state index contributed by atoms with van der Waals surface area (Å²) in [6.45, 7) is 8.35. The van der Waals surface area contributed by atoms with Crippen molar-refractivity contribution in [3.05, 3.63) is 16.5 Å². The molecule has 16 heavy (non-hydrogen) atoms. The number of aromatic nitrogens is 2. The third-order valence-corrected chi connectivity index (χ3v) is 2.63. The van der Waals surface area contributed by atoms with Gasteiger partial charge in [0.2, 0.25) is 5.88 Å². The van der Waals surface area contributed by atoms with E-state index in [2.05, 4.69) is 53.6 Å². The van der Waals surface area contributed by atoms with Crippen LogP contribution in [0.15, 0.2) is 10.7 Å². The predicted octanol–water partition coefficient (Wildman–Crippen LogP) is 3.93. The van der Waals surface area contributed by atoms with E-state index in [0.29, 0.717) is 11.8 Å². The maximum Gasteiger partial charge on any atom is 0.217 e. The Balaban J connectivity index is 2.80. The Hall–Kier alpha value is -0.640. The fourth-order valence-corrected chi connectivity index (χ4v) is 1.78. The fourth-order valence-electron chi connectivity index (χ4n) is 1.40. The second kappa shape index (κ2) is 6.18. The molecule has 1 heterocycles. The molecule has 4 heteroatoms. The van der Waals surface area contributed by atoms with Crippen LogP contribution in [0.4, 0.5) is 0 Å². The molecule has 3 nitrogen and oxygen atoms in total. The SMILES string of the molecule is CCCC(C)Oc1cc(Br)nc(C(C)C)n1. The maximum atomic E-state index is 5.75. The zero-order chi connectivity index (χ0) is 12.1. The first kappa shape index (κ1) is 13.4. The van der Waals surface area contributed by atoms with E-state index in [0.717, 1.165) is 23.3 Å². The van der Waals surface area contributed by atoms with Gasteiger partial charge in [0, 0.05) is 12.0 Å². The molecule has 0 N–H and O–H groups in total. The molecule has 0 aromatic carbocycles. The molecule has 0 amide bonds. The van der Waals surface area contributed by atoms with Crippen molar-refractivity contribution in [2.24, 2.45) is 0 Å². The molecule has 0 fully saturated rings. The summed E-state index contributed by atoms with van der Waals surface area (Å²) in [5.41, 5.74) is 0. The van der Waals surface area contributed by atoms with Gasteiger partial charge in [-0.25, -0.2) is 4.98 Å². The number of halogens is 1. The van der Waals surface area contributed by atoms with Crippen molar-refractivity contribution >= 4 is 15.9 Å². The molecule has 90 valence electrons. The highest BCUT2D eigenvalue weighted by molar-refractivity contribution is 9.10. The summed E-state index contributed by atoms with van der Waals surface area (Å²) in [6, 6.07) is 1.82. The first-order chi connectivity index (χ1) is 7.52. The predicted molar refractivity (Wildman–Crippen MR) is 68.8 cm³/mol. The molecule has 0 spiro atoms. The quantitative estimate of drug-likeness (QED) is 0.770. The molecule has 1 unspecified atom stereocenters. The van der Waals surface area contributed by atoms with Crippen LogP contribution in [0.3, 0.4) is 0 Å². The Morgan fingerprint density at radius 1 is 1.31 bits per heavy atom. The number of ether oxygens (including phenoxy) is 1. The van der Waals surface area contributed by atoms with Crippen LogP contribution in [0.1, 0.15) is 52.3 Å². The molecule has 0 bridgehead atoms. The second-order valence-corrected chi connectivity index (χ2v) is 5.07. The van der Waals surface area contributed by atoms with E-state index < -0.39 is 0 Å². The lowest BCUT2D eigenvalue weighted by molar-refractivity contribution is 0.200. The van der Waals surface area contributed by atoms with Gasteiger partial charge < -0.3 is 4.74 Å². The Kier molecular flexibility index (Phi) is 5.19. The van der Waals surface area contributed by atoms with Gasteiger partial charge >= 0.3 is 0 Å². The minimum Gasteiger partial charge on any atom is -0.475 e. The molecule has 0 saturated carbocycles. The monoisotopic (exact) mass is 286 g/mol. The van der Waals surface area contributed by atoms with Crippen molar-refractivity contribution in [1.82, 2.24) is 9.97 Å². The van der Waals surface area contributed by atoms with Crippen molar-refractivity contribution in [3.63, 3.8) is 0 Å². The Bertz CT molecular complexity index is 342. The molecule has 0 aliphatic heterocycles. The Labute approximate surface area is 106 Å². The van der Waals surface area contributed by atoms with Crippen LogP contribution >= 0.6 is 15.9 Å². The van der Waals surface area contributed by atoms with Crippen LogP contribution in [0, 0.1) is 0 Å². The van der Waals surface area contributed by atoms with Gasteiger partial charge in [-0.1, -0.05) is 27.2 Å². The molecule has 0 radical (unpaired) electrons. The lowest BCUT2D eigenvalue weighted by atomic mass is 10.2. The third-order valence-electron chi connectivity index (χ3n) is 2.22. The van der Waals surface area contributed by atoms with Crippen LogP contribution in [-0.4, -0.2) is 16.1 Å². The van der Waals surface area contributed by atoms with Crippen molar-refractivity contribution < 1.29 is 4.74 Å². The Morgan fingerprint density at radius 3 is 2.56 bits per heavy atom. The summed E-state index contributed by atoms with van der Waals surface area (Å²) in [5, 5.41) is 0. The van der Waals surface area contributed by atoms with Crippen molar-refractivity contribution in [3.8, 4) is 5.88 Å². The van der Waals surface area contributed by atoms with Crippen LogP contribution in [-0.2, 0) is 0 Å². The van der Waals surface area contributed by atoms with E-state index in [4.69, 9.17) is 4.74 Å². The van der Waals surface area contributed by atoms with E-state index in [9.17, 15) is 0 Å². The molecular weight excluding hydrogens is 268 g/mol. The normalized spacial score (nSPS) is 12.9. The molecular formula is C12H19BrN2O. The van der Waals surface area contributed by atoms with Gasteiger partial charge in [0.1, 0.15) is 10.4 Å². The van der Waals surface area contributed by atoms with Crippen LogP contribution in [0.25, 0.3) is 0 Å². The van der Waals surface area contributed by atoms with Gasteiger partial charge in [-0.2, -0.15) is 4.98 Å².